The molecule has 2 atom stereocenters. The van der Waals surface area contributed by atoms with E-state index < -0.39 is 5.54 Å². The molecule has 2 fully saturated rings. The molecule has 106 valence electrons. The van der Waals surface area contributed by atoms with Crippen molar-refractivity contribution in [2.24, 2.45) is 5.73 Å². The Balaban J connectivity index is 0.00000162. The second kappa shape index (κ2) is 6.73. The molecule has 0 aromatic rings. The number of hydrogen-bond acceptors (Lipinski definition) is 3. The van der Waals surface area contributed by atoms with Gasteiger partial charge >= 0.3 is 0 Å². The van der Waals surface area contributed by atoms with Crippen LogP contribution in [0.4, 0.5) is 0 Å². The standard InChI is InChI=1S/C13H24N2O2.ClH/c1-17-11-6-5-10(9-11)15-12(16)13(14)7-3-2-4-8-13;/h10-11H,2-9,14H2,1H3,(H,15,16);1H. The largest absolute Gasteiger partial charge is 0.381 e. The van der Waals surface area contributed by atoms with Crippen LogP contribution < -0.4 is 11.1 Å². The van der Waals surface area contributed by atoms with Crippen LogP contribution in [0.1, 0.15) is 51.4 Å². The first-order valence-corrected chi connectivity index (χ1v) is 6.77. The van der Waals surface area contributed by atoms with E-state index in [-0.39, 0.29) is 24.4 Å². The highest BCUT2D eigenvalue weighted by molar-refractivity contribution is 5.86. The number of halogens is 1. The predicted octanol–water partition coefficient (Wildman–Crippen LogP) is 1.75. The second-order valence-electron chi connectivity index (χ2n) is 5.56. The van der Waals surface area contributed by atoms with E-state index in [2.05, 4.69) is 5.32 Å². The van der Waals surface area contributed by atoms with Gasteiger partial charge in [-0.1, -0.05) is 19.3 Å². The first-order valence-electron chi connectivity index (χ1n) is 6.77. The van der Waals surface area contributed by atoms with Gasteiger partial charge in [0.2, 0.25) is 5.91 Å². The third-order valence-electron chi connectivity index (χ3n) is 4.25. The fraction of sp³-hybridized carbons (Fsp3) is 0.923. The summed E-state index contributed by atoms with van der Waals surface area (Å²) in [6, 6.07) is 0.259. The lowest BCUT2D eigenvalue weighted by atomic mass is 9.81. The summed E-state index contributed by atoms with van der Waals surface area (Å²) in [6.07, 6.45) is 8.32. The molecule has 0 spiro atoms. The zero-order valence-corrected chi connectivity index (χ0v) is 11.9. The van der Waals surface area contributed by atoms with Gasteiger partial charge in [-0.15, -0.1) is 12.4 Å². The average molecular weight is 277 g/mol. The van der Waals surface area contributed by atoms with Crippen LogP contribution in [0.5, 0.6) is 0 Å². The van der Waals surface area contributed by atoms with Crippen LogP contribution in [0.2, 0.25) is 0 Å². The molecule has 2 saturated carbocycles. The van der Waals surface area contributed by atoms with E-state index in [9.17, 15) is 4.79 Å². The molecule has 0 saturated heterocycles. The number of hydrogen-bond donors (Lipinski definition) is 2. The van der Waals surface area contributed by atoms with Crippen molar-refractivity contribution in [2.45, 2.75) is 69.1 Å². The third kappa shape index (κ3) is 3.59. The van der Waals surface area contributed by atoms with Crippen LogP contribution in [0.3, 0.4) is 0 Å². The van der Waals surface area contributed by atoms with Gasteiger partial charge in [-0.25, -0.2) is 0 Å². The number of carbonyl (C=O) groups is 1. The van der Waals surface area contributed by atoms with E-state index >= 15 is 0 Å². The van der Waals surface area contributed by atoms with Crippen molar-refractivity contribution in [3.05, 3.63) is 0 Å². The Labute approximate surface area is 115 Å². The molecule has 0 aromatic heterocycles. The maximum absolute atomic E-state index is 12.2. The zero-order chi connectivity index (χ0) is 12.3. The number of ether oxygens (including phenoxy) is 1. The van der Waals surface area contributed by atoms with Crippen molar-refractivity contribution in [1.29, 1.82) is 0 Å². The summed E-state index contributed by atoms with van der Waals surface area (Å²) in [4.78, 5) is 12.2. The van der Waals surface area contributed by atoms with Crippen molar-refractivity contribution in [3.63, 3.8) is 0 Å². The van der Waals surface area contributed by atoms with Crippen LogP contribution in [0.25, 0.3) is 0 Å². The second-order valence-corrected chi connectivity index (χ2v) is 5.56. The molecule has 0 radical (unpaired) electrons. The lowest BCUT2D eigenvalue weighted by Gasteiger charge is -2.33. The van der Waals surface area contributed by atoms with Gasteiger partial charge < -0.3 is 15.8 Å². The fourth-order valence-corrected chi connectivity index (χ4v) is 3.02. The highest BCUT2D eigenvalue weighted by atomic mass is 35.5. The quantitative estimate of drug-likeness (QED) is 0.825. The van der Waals surface area contributed by atoms with E-state index in [1.54, 1.807) is 7.11 Å². The lowest BCUT2D eigenvalue weighted by molar-refractivity contribution is -0.128. The van der Waals surface area contributed by atoms with Gasteiger partial charge in [-0.2, -0.15) is 0 Å². The Morgan fingerprint density at radius 2 is 1.94 bits per heavy atom. The number of nitrogens with one attached hydrogen (secondary N) is 1. The zero-order valence-electron chi connectivity index (χ0n) is 11.1. The molecule has 2 aliphatic carbocycles. The van der Waals surface area contributed by atoms with Crippen molar-refractivity contribution in [3.8, 4) is 0 Å². The van der Waals surface area contributed by atoms with E-state index in [1.165, 1.54) is 6.42 Å². The summed E-state index contributed by atoms with van der Waals surface area (Å²) in [7, 11) is 1.74. The van der Waals surface area contributed by atoms with Gasteiger partial charge in [0.25, 0.3) is 0 Å². The molecular weight excluding hydrogens is 252 g/mol. The molecule has 0 bridgehead atoms. The lowest BCUT2D eigenvalue weighted by Crippen LogP contribution is -2.56. The molecule has 4 nitrogen and oxygen atoms in total. The highest BCUT2D eigenvalue weighted by Gasteiger charge is 2.37. The molecule has 2 rings (SSSR count). The van der Waals surface area contributed by atoms with Gasteiger partial charge in [0.15, 0.2) is 0 Å². The van der Waals surface area contributed by atoms with Crippen LogP contribution in [-0.2, 0) is 9.53 Å². The van der Waals surface area contributed by atoms with E-state index in [1.807, 2.05) is 0 Å². The highest BCUT2D eigenvalue weighted by Crippen LogP contribution is 2.27. The third-order valence-corrected chi connectivity index (χ3v) is 4.25. The number of carbonyl (C=O) groups excluding carboxylic acids is 1. The average Bonchev–Trinajstić information content (AvgIpc) is 2.78. The van der Waals surface area contributed by atoms with Gasteiger partial charge in [-0.3, -0.25) is 4.79 Å². The molecule has 0 heterocycles. The van der Waals surface area contributed by atoms with Crippen molar-refractivity contribution in [1.82, 2.24) is 5.32 Å². The molecule has 0 aromatic carbocycles. The number of methoxy groups -OCH3 is 1. The van der Waals surface area contributed by atoms with E-state index in [0.29, 0.717) is 6.10 Å². The first kappa shape index (κ1) is 15.7. The van der Waals surface area contributed by atoms with Crippen LogP contribution in [-0.4, -0.2) is 30.7 Å². The monoisotopic (exact) mass is 276 g/mol. The van der Waals surface area contributed by atoms with Crippen molar-refractivity contribution >= 4 is 18.3 Å². The Bertz CT molecular complexity index is 280. The van der Waals surface area contributed by atoms with Gasteiger partial charge in [0, 0.05) is 13.2 Å². The Kier molecular flexibility index (Phi) is 5.89. The summed E-state index contributed by atoms with van der Waals surface area (Å²) in [5, 5.41) is 3.11. The van der Waals surface area contributed by atoms with Crippen LogP contribution >= 0.6 is 12.4 Å². The SMILES string of the molecule is COC1CCC(NC(=O)C2(N)CCCCC2)C1.Cl. The number of rotatable bonds is 3. The molecule has 5 heteroatoms. The van der Waals surface area contributed by atoms with Crippen molar-refractivity contribution in [2.75, 3.05) is 7.11 Å². The Morgan fingerprint density at radius 1 is 1.28 bits per heavy atom. The number of nitrogens with two attached hydrogens (primary N) is 1. The van der Waals surface area contributed by atoms with Gasteiger partial charge in [0.1, 0.15) is 0 Å². The summed E-state index contributed by atoms with van der Waals surface area (Å²) in [5.74, 6) is 0.0546. The molecule has 18 heavy (non-hydrogen) atoms. The molecular formula is C13H25ClN2O2. The fourth-order valence-electron chi connectivity index (χ4n) is 3.02. The number of amides is 1. The maximum atomic E-state index is 12.2. The minimum Gasteiger partial charge on any atom is -0.381 e. The summed E-state index contributed by atoms with van der Waals surface area (Å²) in [6.45, 7) is 0. The molecule has 0 aliphatic heterocycles. The first-order chi connectivity index (χ1) is 8.14. The van der Waals surface area contributed by atoms with Crippen molar-refractivity contribution < 1.29 is 9.53 Å². The Morgan fingerprint density at radius 3 is 2.50 bits per heavy atom. The topological polar surface area (TPSA) is 64.3 Å². The molecule has 2 unspecified atom stereocenters. The van der Waals surface area contributed by atoms with Gasteiger partial charge in [-0.05, 0) is 32.1 Å². The Hall–Kier alpha value is -0.320. The maximum Gasteiger partial charge on any atom is 0.240 e. The summed E-state index contributed by atoms with van der Waals surface area (Å²) < 4.78 is 5.31. The minimum absolute atomic E-state index is 0. The minimum atomic E-state index is -0.608. The van der Waals surface area contributed by atoms with Crippen LogP contribution in [0.15, 0.2) is 0 Å². The summed E-state index contributed by atoms with van der Waals surface area (Å²) in [5.41, 5.74) is 5.60. The molecule has 3 N–H and O–H groups in total. The smallest absolute Gasteiger partial charge is 0.240 e. The normalized spacial score (nSPS) is 30.6. The summed E-state index contributed by atoms with van der Waals surface area (Å²) >= 11 is 0. The molecule has 2 aliphatic rings. The van der Waals surface area contributed by atoms with Gasteiger partial charge in [0.05, 0.1) is 11.6 Å². The van der Waals surface area contributed by atoms with E-state index in [0.717, 1.165) is 44.9 Å². The van der Waals surface area contributed by atoms with Crippen LogP contribution in [0, 0.1) is 0 Å². The molecule has 1 amide bonds. The van der Waals surface area contributed by atoms with E-state index in [4.69, 9.17) is 10.5 Å². The predicted molar refractivity (Wildman–Crippen MR) is 73.8 cm³/mol.